The SMILES string of the molecule is CCn1cc(Cn2ccnc2C(O)c2ccc(F)cc2)nn1. The molecular weight excluding hydrogens is 285 g/mol. The lowest BCUT2D eigenvalue weighted by molar-refractivity contribution is 0.205. The fourth-order valence-corrected chi connectivity index (χ4v) is 2.24. The van der Waals surface area contributed by atoms with Gasteiger partial charge in [-0.05, 0) is 24.6 Å². The van der Waals surface area contributed by atoms with Crippen molar-refractivity contribution >= 4 is 0 Å². The summed E-state index contributed by atoms with van der Waals surface area (Å²) in [5, 5.41) is 18.5. The maximum Gasteiger partial charge on any atom is 0.142 e. The summed E-state index contributed by atoms with van der Waals surface area (Å²) < 4.78 is 16.5. The maximum atomic E-state index is 13.0. The number of aliphatic hydroxyl groups excluding tert-OH is 1. The normalized spacial score (nSPS) is 12.5. The van der Waals surface area contributed by atoms with Crippen LogP contribution in [0.1, 0.15) is 30.1 Å². The molecule has 114 valence electrons. The highest BCUT2D eigenvalue weighted by Gasteiger charge is 2.17. The van der Waals surface area contributed by atoms with Crippen molar-refractivity contribution in [1.82, 2.24) is 24.5 Å². The van der Waals surface area contributed by atoms with Gasteiger partial charge in [-0.3, -0.25) is 4.68 Å². The molecule has 7 heteroatoms. The Morgan fingerprint density at radius 2 is 2.05 bits per heavy atom. The van der Waals surface area contributed by atoms with Gasteiger partial charge in [0.05, 0.1) is 12.7 Å². The number of aliphatic hydroxyl groups is 1. The number of hydrogen-bond donors (Lipinski definition) is 1. The fourth-order valence-electron chi connectivity index (χ4n) is 2.24. The Morgan fingerprint density at radius 3 is 2.73 bits per heavy atom. The molecule has 0 saturated carbocycles. The van der Waals surface area contributed by atoms with E-state index in [1.807, 2.05) is 13.1 Å². The van der Waals surface area contributed by atoms with E-state index in [9.17, 15) is 9.50 Å². The largest absolute Gasteiger partial charge is 0.380 e. The standard InChI is InChI=1S/C15H16FN5O/c1-2-21-10-13(18-19-21)9-20-8-7-17-15(20)14(22)11-3-5-12(16)6-4-11/h3-8,10,14,22H,2,9H2,1H3. The van der Waals surface area contributed by atoms with Crippen LogP contribution < -0.4 is 0 Å². The van der Waals surface area contributed by atoms with Gasteiger partial charge in [-0.1, -0.05) is 17.3 Å². The van der Waals surface area contributed by atoms with Gasteiger partial charge in [0, 0.05) is 18.9 Å². The summed E-state index contributed by atoms with van der Waals surface area (Å²) >= 11 is 0. The van der Waals surface area contributed by atoms with Gasteiger partial charge in [-0.15, -0.1) is 5.10 Å². The molecule has 2 aromatic heterocycles. The van der Waals surface area contributed by atoms with E-state index in [2.05, 4.69) is 15.3 Å². The Kier molecular flexibility index (Phi) is 3.97. The molecular formula is C15H16FN5O. The highest BCUT2D eigenvalue weighted by atomic mass is 19.1. The van der Waals surface area contributed by atoms with Crippen LogP contribution in [-0.4, -0.2) is 29.7 Å². The lowest BCUT2D eigenvalue weighted by atomic mass is 10.1. The Labute approximate surface area is 126 Å². The van der Waals surface area contributed by atoms with Gasteiger partial charge in [0.15, 0.2) is 0 Å². The number of rotatable bonds is 5. The molecule has 1 atom stereocenters. The first-order chi connectivity index (χ1) is 10.7. The Balaban J connectivity index is 1.83. The first kappa shape index (κ1) is 14.4. The Hall–Kier alpha value is -2.54. The molecule has 22 heavy (non-hydrogen) atoms. The average molecular weight is 301 g/mol. The van der Waals surface area contributed by atoms with Crippen molar-refractivity contribution in [3.8, 4) is 0 Å². The molecule has 0 saturated heterocycles. The number of halogens is 1. The van der Waals surface area contributed by atoms with Crippen molar-refractivity contribution in [2.45, 2.75) is 26.1 Å². The van der Waals surface area contributed by atoms with Crippen molar-refractivity contribution in [3.05, 3.63) is 65.8 Å². The van der Waals surface area contributed by atoms with Crippen LogP contribution >= 0.6 is 0 Å². The van der Waals surface area contributed by atoms with Gasteiger partial charge in [0.25, 0.3) is 0 Å². The molecule has 1 N–H and O–H groups in total. The quantitative estimate of drug-likeness (QED) is 0.779. The van der Waals surface area contributed by atoms with E-state index in [-0.39, 0.29) is 5.82 Å². The van der Waals surface area contributed by atoms with Gasteiger partial charge in [-0.25, -0.2) is 9.37 Å². The summed E-state index contributed by atoms with van der Waals surface area (Å²) in [7, 11) is 0. The molecule has 2 heterocycles. The molecule has 1 aromatic carbocycles. The summed E-state index contributed by atoms with van der Waals surface area (Å²) in [6.07, 6.45) is 4.32. The molecule has 0 bridgehead atoms. The third-order valence-corrected chi connectivity index (χ3v) is 3.42. The molecule has 0 amide bonds. The van der Waals surface area contributed by atoms with Crippen molar-refractivity contribution in [3.63, 3.8) is 0 Å². The lowest BCUT2D eigenvalue weighted by Gasteiger charge is -2.12. The smallest absolute Gasteiger partial charge is 0.142 e. The monoisotopic (exact) mass is 301 g/mol. The van der Waals surface area contributed by atoms with Crippen LogP contribution in [0.15, 0.2) is 42.9 Å². The fraction of sp³-hybridized carbons (Fsp3) is 0.267. The van der Waals surface area contributed by atoms with Gasteiger partial charge >= 0.3 is 0 Å². The highest BCUT2D eigenvalue weighted by molar-refractivity contribution is 5.24. The zero-order chi connectivity index (χ0) is 15.5. The van der Waals surface area contributed by atoms with E-state index in [0.717, 1.165) is 12.2 Å². The summed E-state index contributed by atoms with van der Waals surface area (Å²) in [6.45, 7) is 3.20. The molecule has 0 fully saturated rings. The van der Waals surface area contributed by atoms with Crippen molar-refractivity contribution in [2.75, 3.05) is 0 Å². The molecule has 3 aromatic rings. The molecule has 3 rings (SSSR count). The van der Waals surface area contributed by atoms with Crippen LogP contribution in [0.2, 0.25) is 0 Å². The van der Waals surface area contributed by atoms with Crippen molar-refractivity contribution in [2.24, 2.45) is 0 Å². The second-order valence-corrected chi connectivity index (χ2v) is 4.93. The number of benzene rings is 1. The maximum absolute atomic E-state index is 13.0. The van der Waals surface area contributed by atoms with Gasteiger partial charge in [-0.2, -0.15) is 0 Å². The van der Waals surface area contributed by atoms with E-state index >= 15 is 0 Å². The van der Waals surface area contributed by atoms with E-state index in [1.54, 1.807) is 33.8 Å². The van der Waals surface area contributed by atoms with Crippen molar-refractivity contribution in [1.29, 1.82) is 0 Å². The van der Waals surface area contributed by atoms with Crippen LogP contribution in [0.25, 0.3) is 0 Å². The van der Waals surface area contributed by atoms with Crippen LogP contribution in [0, 0.1) is 5.82 Å². The molecule has 0 radical (unpaired) electrons. The van der Waals surface area contributed by atoms with Crippen LogP contribution in [-0.2, 0) is 13.1 Å². The minimum Gasteiger partial charge on any atom is -0.380 e. The molecule has 6 nitrogen and oxygen atoms in total. The summed E-state index contributed by atoms with van der Waals surface area (Å²) in [6, 6.07) is 5.73. The minimum atomic E-state index is -0.920. The van der Waals surface area contributed by atoms with E-state index in [0.29, 0.717) is 17.9 Å². The van der Waals surface area contributed by atoms with Gasteiger partial charge in [0.1, 0.15) is 23.4 Å². The number of imidazole rings is 1. The number of aryl methyl sites for hydroxylation is 1. The van der Waals surface area contributed by atoms with Crippen LogP contribution in [0.3, 0.4) is 0 Å². The molecule has 0 aliphatic rings. The number of aromatic nitrogens is 5. The number of nitrogens with zero attached hydrogens (tertiary/aromatic N) is 5. The third kappa shape index (κ3) is 2.89. The second kappa shape index (κ2) is 6.07. The van der Waals surface area contributed by atoms with Gasteiger partial charge in [0.2, 0.25) is 0 Å². The van der Waals surface area contributed by atoms with Crippen LogP contribution in [0.5, 0.6) is 0 Å². The van der Waals surface area contributed by atoms with Crippen molar-refractivity contribution < 1.29 is 9.50 Å². The summed E-state index contributed by atoms with van der Waals surface area (Å²) in [5.41, 5.74) is 1.37. The zero-order valence-corrected chi connectivity index (χ0v) is 12.1. The average Bonchev–Trinajstić information content (AvgIpc) is 3.17. The molecule has 0 spiro atoms. The third-order valence-electron chi connectivity index (χ3n) is 3.42. The van der Waals surface area contributed by atoms with Crippen LogP contribution in [0.4, 0.5) is 4.39 Å². The van der Waals surface area contributed by atoms with E-state index < -0.39 is 6.10 Å². The molecule has 0 aliphatic carbocycles. The highest BCUT2D eigenvalue weighted by Crippen LogP contribution is 2.21. The predicted molar refractivity (Wildman–Crippen MR) is 77.5 cm³/mol. The lowest BCUT2D eigenvalue weighted by Crippen LogP contribution is -2.11. The molecule has 1 unspecified atom stereocenters. The first-order valence-electron chi connectivity index (χ1n) is 7.01. The molecule has 0 aliphatic heterocycles. The van der Waals surface area contributed by atoms with Gasteiger partial charge < -0.3 is 9.67 Å². The summed E-state index contributed by atoms with van der Waals surface area (Å²) in [5.74, 6) is 0.146. The first-order valence-corrected chi connectivity index (χ1v) is 7.01. The minimum absolute atomic E-state index is 0.338. The van der Waals surface area contributed by atoms with E-state index in [1.165, 1.54) is 12.1 Å². The number of hydrogen-bond acceptors (Lipinski definition) is 4. The summed E-state index contributed by atoms with van der Waals surface area (Å²) in [4.78, 5) is 4.20. The topological polar surface area (TPSA) is 68.8 Å². The predicted octanol–water partition coefficient (Wildman–Crippen LogP) is 1.76. The van der Waals surface area contributed by atoms with E-state index in [4.69, 9.17) is 0 Å². The zero-order valence-electron chi connectivity index (χ0n) is 12.1. The Bertz CT molecular complexity index is 749. The Morgan fingerprint density at radius 1 is 1.27 bits per heavy atom. The second-order valence-electron chi connectivity index (χ2n) is 4.93.